The molecule has 0 unspecified atom stereocenters. The van der Waals surface area contributed by atoms with Gasteiger partial charge in [-0.1, -0.05) is 48.5 Å². The van der Waals surface area contributed by atoms with E-state index in [-0.39, 0.29) is 17.1 Å². The van der Waals surface area contributed by atoms with Gasteiger partial charge in [-0.25, -0.2) is 4.98 Å². The molecule has 1 heterocycles. The molecule has 2 N–H and O–H groups in total. The van der Waals surface area contributed by atoms with Crippen LogP contribution in [0, 0.1) is 0 Å². The zero-order valence-corrected chi connectivity index (χ0v) is 14.5. The summed E-state index contributed by atoms with van der Waals surface area (Å²) in [6.07, 6.45) is 0.521. The highest BCUT2D eigenvalue weighted by Crippen LogP contribution is 2.25. The summed E-state index contributed by atoms with van der Waals surface area (Å²) in [4.78, 5) is 17.8. The maximum Gasteiger partial charge on any atom is 0.261 e. The summed E-state index contributed by atoms with van der Waals surface area (Å²) >= 11 is 0. The van der Waals surface area contributed by atoms with E-state index in [0.29, 0.717) is 29.7 Å². The van der Waals surface area contributed by atoms with Gasteiger partial charge in [0.15, 0.2) is 11.5 Å². The molecule has 1 aromatic heterocycles. The fraction of sp³-hybridized carbons (Fsp3) is 0.0909. The Hall–Kier alpha value is -3.60. The second-order valence-electron chi connectivity index (χ2n) is 6.35. The van der Waals surface area contributed by atoms with Crippen LogP contribution in [0.5, 0.6) is 11.5 Å². The first-order chi connectivity index (χ1) is 13.1. The summed E-state index contributed by atoms with van der Waals surface area (Å²) in [6, 6.07) is 21.6. The number of benzene rings is 3. The minimum Gasteiger partial charge on any atom is -0.504 e. The molecule has 0 aliphatic carbocycles. The van der Waals surface area contributed by atoms with E-state index < -0.39 is 0 Å². The molecule has 5 heteroatoms. The van der Waals surface area contributed by atoms with Crippen LogP contribution in [0.1, 0.15) is 5.56 Å². The van der Waals surface area contributed by atoms with Gasteiger partial charge in [-0.15, -0.1) is 0 Å². The zero-order chi connectivity index (χ0) is 18.8. The third kappa shape index (κ3) is 3.27. The van der Waals surface area contributed by atoms with Crippen LogP contribution < -0.4 is 5.56 Å². The normalized spacial score (nSPS) is 11.0. The fourth-order valence-corrected chi connectivity index (χ4v) is 3.15. The van der Waals surface area contributed by atoms with E-state index in [1.54, 1.807) is 16.7 Å². The van der Waals surface area contributed by atoms with E-state index in [2.05, 4.69) is 0 Å². The summed E-state index contributed by atoms with van der Waals surface area (Å²) < 4.78 is 1.67. The van der Waals surface area contributed by atoms with Crippen LogP contribution in [-0.2, 0) is 13.0 Å². The number of rotatable bonds is 4. The monoisotopic (exact) mass is 358 g/mol. The third-order valence-corrected chi connectivity index (χ3v) is 4.56. The molecule has 134 valence electrons. The van der Waals surface area contributed by atoms with Crippen molar-refractivity contribution < 1.29 is 10.2 Å². The van der Waals surface area contributed by atoms with E-state index >= 15 is 0 Å². The number of hydrogen-bond donors (Lipinski definition) is 2. The zero-order valence-electron chi connectivity index (χ0n) is 14.5. The molecule has 0 fully saturated rings. The molecule has 0 saturated heterocycles. The first-order valence-corrected chi connectivity index (χ1v) is 8.69. The Kier molecular flexibility index (Phi) is 4.34. The number of fused-ring (bicyclic) bond motifs is 1. The van der Waals surface area contributed by atoms with Gasteiger partial charge in [-0.2, -0.15) is 0 Å². The van der Waals surface area contributed by atoms with Gasteiger partial charge in [0.1, 0.15) is 5.82 Å². The second-order valence-corrected chi connectivity index (χ2v) is 6.35. The van der Waals surface area contributed by atoms with E-state index in [1.807, 2.05) is 48.5 Å². The van der Waals surface area contributed by atoms with Gasteiger partial charge in [-0.3, -0.25) is 9.36 Å². The van der Waals surface area contributed by atoms with Gasteiger partial charge in [0, 0.05) is 12.1 Å². The largest absolute Gasteiger partial charge is 0.504 e. The lowest BCUT2D eigenvalue weighted by atomic mass is 10.1. The van der Waals surface area contributed by atoms with E-state index in [1.165, 1.54) is 12.1 Å². The van der Waals surface area contributed by atoms with Crippen molar-refractivity contribution in [3.05, 3.63) is 88.7 Å². The second kappa shape index (κ2) is 6.96. The Morgan fingerprint density at radius 3 is 2.37 bits per heavy atom. The molecule has 27 heavy (non-hydrogen) atoms. The lowest BCUT2D eigenvalue weighted by molar-refractivity contribution is 0.403. The van der Waals surface area contributed by atoms with Crippen molar-refractivity contribution in [1.82, 2.24) is 9.55 Å². The maximum atomic E-state index is 13.1. The number of aromatic nitrogens is 2. The molecule has 0 atom stereocenters. The van der Waals surface area contributed by atoms with Crippen molar-refractivity contribution in [3.8, 4) is 22.9 Å². The third-order valence-electron chi connectivity index (χ3n) is 4.56. The van der Waals surface area contributed by atoms with Gasteiger partial charge in [-0.05, 0) is 36.2 Å². The summed E-state index contributed by atoms with van der Waals surface area (Å²) in [5.41, 5.74) is 2.26. The average Bonchev–Trinajstić information content (AvgIpc) is 2.70. The molecule has 0 aliphatic rings. The fourth-order valence-electron chi connectivity index (χ4n) is 3.15. The lowest BCUT2D eigenvalue weighted by Gasteiger charge is -2.14. The molecule has 0 amide bonds. The van der Waals surface area contributed by atoms with Gasteiger partial charge in [0.05, 0.1) is 10.9 Å². The van der Waals surface area contributed by atoms with Crippen molar-refractivity contribution >= 4 is 10.9 Å². The molecular formula is C22H18N2O3. The molecule has 3 aromatic carbocycles. The highest BCUT2D eigenvalue weighted by atomic mass is 16.3. The van der Waals surface area contributed by atoms with Gasteiger partial charge >= 0.3 is 0 Å². The van der Waals surface area contributed by atoms with Crippen molar-refractivity contribution in [2.45, 2.75) is 13.0 Å². The first-order valence-electron chi connectivity index (χ1n) is 8.69. The Bertz CT molecular complexity index is 1170. The van der Waals surface area contributed by atoms with Crippen molar-refractivity contribution in [2.75, 3.05) is 0 Å². The predicted molar refractivity (Wildman–Crippen MR) is 105 cm³/mol. The van der Waals surface area contributed by atoms with Crippen molar-refractivity contribution in [2.24, 2.45) is 0 Å². The van der Waals surface area contributed by atoms with E-state index in [4.69, 9.17) is 4.98 Å². The number of aryl methyl sites for hydroxylation is 1. The molecule has 0 saturated carbocycles. The number of phenols is 2. The topological polar surface area (TPSA) is 75.4 Å². The van der Waals surface area contributed by atoms with Crippen LogP contribution in [-0.4, -0.2) is 19.8 Å². The van der Waals surface area contributed by atoms with Gasteiger partial charge < -0.3 is 10.2 Å². The van der Waals surface area contributed by atoms with Crippen LogP contribution >= 0.6 is 0 Å². The number of hydrogen-bond acceptors (Lipinski definition) is 4. The van der Waals surface area contributed by atoms with Crippen LogP contribution in [0.4, 0.5) is 0 Å². The minimum atomic E-state index is -0.167. The first kappa shape index (κ1) is 16.8. The summed E-state index contributed by atoms with van der Waals surface area (Å²) in [5.74, 6) is 0.287. The van der Waals surface area contributed by atoms with E-state index in [0.717, 1.165) is 11.1 Å². The lowest BCUT2D eigenvalue weighted by Crippen LogP contribution is -2.24. The molecular weight excluding hydrogens is 340 g/mol. The van der Waals surface area contributed by atoms with Crippen molar-refractivity contribution in [3.63, 3.8) is 0 Å². The smallest absolute Gasteiger partial charge is 0.261 e. The van der Waals surface area contributed by atoms with Gasteiger partial charge in [0.2, 0.25) is 0 Å². The van der Waals surface area contributed by atoms with Crippen LogP contribution in [0.25, 0.3) is 22.3 Å². The number of nitrogens with zero attached hydrogens (tertiary/aromatic N) is 2. The van der Waals surface area contributed by atoms with Crippen LogP contribution in [0.2, 0.25) is 0 Å². The molecule has 0 radical (unpaired) electrons. The van der Waals surface area contributed by atoms with E-state index in [9.17, 15) is 15.0 Å². The highest BCUT2D eigenvalue weighted by Gasteiger charge is 2.13. The molecule has 0 bridgehead atoms. The van der Waals surface area contributed by atoms with Crippen LogP contribution in [0.3, 0.4) is 0 Å². The van der Waals surface area contributed by atoms with Crippen molar-refractivity contribution in [1.29, 1.82) is 0 Å². The molecule has 5 nitrogen and oxygen atoms in total. The molecule has 0 aliphatic heterocycles. The Labute approximate surface area is 155 Å². The minimum absolute atomic E-state index is 0.0950. The average molecular weight is 358 g/mol. The van der Waals surface area contributed by atoms with Gasteiger partial charge in [0.25, 0.3) is 5.56 Å². The summed E-state index contributed by atoms with van der Waals surface area (Å²) in [5, 5.41) is 19.7. The Morgan fingerprint density at radius 1 is 0.852 bits per heavy atom. The highest BCUT2D eigenvalue weighted by molar-refractivity contribution is 5.79. The Balaban J connectivity index is 1.81. The number of aromatic hydroxyl groups is 2. The quantitative estimate of drug-likeness (QED) is 0.545. The predicted octanol–water partition coefficient (Wildman–Crippen LogP) is 3.72. The van der Waals surface area contributed by atoms with Crippen LogP contribution in [0.15, 0.2) is 77.6 Å². The summed E-state index contributed by atoms with van der Waals surface area (Å²) in [7, 11) is 0. The SMILES string of the molecule is O=c1c2ccccc2nc(-c2ccccc2)n1CCc1ccc(O)c(O)c1. The molecule has 4 aromatic rings. The summed E-state index contributed by atoms with van der Waals surface area (Å²) in [6.45, 7) is 0.408. The number of para-hydroxylation sites is 1. The standard InChI is InChI=1S/C22H18N2O3/c25-19-11-10-15(14-20(19)26)12-13-24-21(16-6-2-1-3-7-16)23-18-9-5-4-8-17(18)22(24)27/h1-11,14,25-26H,12-13H2. The Morgan fingerprint density at radius 2 is 1.59 bits per heavy atom. The molecule has 4 rings (SSSR count). The number of phenolic OH excluding ortho intramolecular Hbond substituents is 2. The maximum absolute atomic E-state index is 13.1. The molecule has 0 spiro atoms.